The molecule has 0 saturated heterocycles. The van der Waals surface area contributed by atoms with Gasteiger partial charge in [-0.1, -0.05) is 12.1 Å². The van der Waals surface area contributed by atoms with Crippen LogP contribution in [0.2, 0.25) is 0 Å². The van der Waals surface area contributed by atoms with E-state index in [2.05, 4.69) is 10.3 Å². The molecule has 0 atom stereocenters. The lowest BCUT2D eigenvalue weighted by atomic mass is 10.1. The van der Waals surface area contributed by atoms with Gasteiger partial charge in [0.25, 0.3) is 11.8 Å². The number of para-hydroxylation sites is 1. The van der Waals surface area contributed by atoms with E-state index in [4.69, 9.17) is 9.15 Å². The van der Waals surface area contributed by atoms with E-state index in [0.29, 0.717) is 22.7 Å². The van der Waals surface area contributed by atoms with Gasteiger partial charge in [0.1, 0.15) is 11.4 Å². The van der Waals surface area contributed by atoms with Crippen molar-refractivity contribution in [1.82, 2.24) is 4.98 Å². The second-order valence-electron chi connectivity index (χ2n) is 5.39. The largest absolute Gasteiger partial charge is 0.494 e. The number of amides is 2. The zero-order valence-electron chi connectivity index (χ0n) is 14.3. The first kappa shape index (κ1) is 17.2. The molecule has 0 bridgehead atoms. The predicted octanol–water partition coefficient (Wildman–Crippen LogP) is 3.21. The van der Waals surface area contributed by atoms with Crippen molar-refractivity contribution in [2.75, 3.05) is 24.4 Å². The summed E-state index contributed by atoms with van der Waals surface area (Å²) in [4.78, 5) is 30.6. The molecule has 3 rings (SSSR count). The number of nitrogens with one attached hydrogen (secondary N) is 1. The summed E-state index contributed by atoms with van der Waals surface area (Å²) in [6.07, 6.45) is 4.49. The molecule has 7 heteroatoms. The minimum atomic E-state index is -0.383. The maximum Gasteiger partial charge on any atom is 0.293 e. The van der Waals surface area contributed by atoms with Crippen LogP contribution in [-0.2, 0) is 0 Å². The zero-order chi connectivity index (χ0) is 18.5. The number of anilines is 2. The normalized spacial score (nSPS) is 10.2. The average molecular weight is 351 g/mol. The van der Waals surface area contributed by atoms with Gasteiger partial charge in [-0.05, 0) is 24.3 Å². The van der Waals surface area contributed by atoms with E-state index in [1.807, 2.05) is 0 Å². The van der Waals surface area contributed by atoms with Gasteiger partial charge in [0, 0.05) is 19.3 Å². The van der Waals surface area contributed by atoms with Crippen molar-refractivity contribution in [3.63, 3.8) is 0 Å². The number of hydrogen-bond acceptors (Lipinski definition) is 5. The van der Waals surface area contributed by atoms with Gasteiger partial charge >= 0.3 is 0 Å². The number of pyridine rings is 1. The Morgan fingerprint density at radius 3 is 2.69 bits per heavy atom. The monoisotopic (exact) mass is 351 g/mol. The molecule has 0 aliphatic heterocycles. The summed E-state index contributed by atoms with van der Waals surface area (Å²) in [7, 11) is 3.09. The van der Waals surface area contributed by atoms with Crippen LogP contribution in [0.25, 0.3) is 0 Å². The number of furan rings is 1. The predicted molar refractivity (Wildman–Crippen MR) is 96.6 cm³/mol. The second-order valence-corrected chi connectivity index (χ2v) is 5.39. The number of nitrogens with zero attached hydrogens (tertiary/aromatic N) is 2. The Labute approximate surface area is 150 Å². The molecule has 0 spiro atoms. The molecule has 1 aromatic carbocycles. The third-order valence-electron chi connectivity index (χ3n) is 3.80. The maximum absolute atomic E-state index is 12.8. The number of ether oxygens (including phenoxy) is 1. The number of benzene rings is 1. The highest BCUT2D eigenvalue weighted by molar-refractivity contribution is 6.12. The summed E-state index contributed by atoms with van der Waals surface area (Å²) in [5.41, 5.74) is 1.23. The van der Waals surface area contributed by atoms with Crippen LogP contribution >= 0.6 is 0 Å². The quantitative estimate of drug-likeness (QED) is 0.763. The van der Waals surface area contributed by atoms with E-state index in [1.165, 1.54) is 24.5 Å². The van der Waals surface area contributed by atoms with E-state index < -0.39 is 0 Å². The SMILES string of the molecule is COc1ccncc1NC(=O)c1ccccc1N(C)C(=O)c1ccco1. The van der Waals surface area contributed by atoms with E-state index in [0.717, 1.165) is 0 Å². The molecular formula is C19H17N3O4. The van der Waals surface area contributed by atoms with Gasteiger partial charge in [-0.2, -0.15) is 0 Å². The molecule has 0 fully saturated rings. The first-order valence-corrected chi connectivity index (χ1v) is 7.81. The summed E-state index contributed by atoms with van der Waals surface area (Å²) in [6.45, 7) is 0. The van der Waals surface area contributed by atoms with Crippen LogP contribution in [-0.4, -0.2) is 31.0 Å². The van der Waals surface area contributed by atoms with Gasteiger partial charge < -0.3 is 19.4 Å². The molecule has 1 N–H and O–H groups in total. The van der Waals surface area contributed by atoms with Crippen molar-refractivity contribution >= 4 is 23.2 Å². The smallest absolute Gasteiger partial charge is 0.293 e. The summed E-state index contributed by atoms with van der Waals surface area (Å²) >= 11 is 0. The first-order valence-electron chi connectivity index (χ1n) is 7.81. The zero-order valence-corrected chi connectivity index (χ0v) is 14.3. The minimum absolute atomic E-state index is 0.191. The van der Waals surface area contributed by atoms with E-state index in [-0.39, 0.29) is 17.6 Å². The van der Waals surface area contributed by atoms with Crippen molar-refractivity contribution in [2.24, 2.45) is 0 Å². The Balaban J connectivity index is 1.89. The van der Waals surface area contributed by atoms with Crippen molar-refractivity contribution in [1.29, 1.82) is 0 Å². The van der Waals surface area contributed by atoms with Gasteiger partial charge in [-0.25, -0.2) is 0 Å². The Bertz CT molecular complexity index is 922. The molecule has 0 aliphatic rings. The van der Waals surface area contributed by atoms with Crippen LogP contribution in [0.1, 0.15) is 20.9 Å². The highest BCUT2D eigenvalue weighted by Crippen LogP contribution is 2.26. The number of hydrogen-bond donors (Lipinski definition) is 1. The fourth-order valence-corrected chi connectivity index (χ4v) is 2.48. The molecule has 0 saturated carbocycles. The standard InChI is InChI=1S/C19H17N3O4/c1-22(19(24)17-8-5-11-26-17)15-7-4-3-6-13(15)18(23)21-14-12-20-10-9-16(14)25-2/h3-12H,1-2H3,(H,21,23). The van der Waals surface area contributed by atoms with Crippen LogP contribution < -0.4 is 15.0 Å². The molecule has 3 aromatic rings. The lowest BCUT2D eigenvalue weighted by Crippen LogP contribution is -2.28. The molecule has 0 unspecified atom stereocenters. The topological polar surface area (TPSA) is 84.7 Å². The number of methoxy groups -OCH3 is 1. The summed E-state index contributed by atoms with van der Waals surface area (Å²) in [5, 5.41) is 2.76. The molecular weight excluding hydrogens is 334 g/mol. The van der Waals surface area contributed by atoms with Gasteiger partial charge in [-0.15, -0.1) is 0 Å². The fraction of sp³-hybridized carbons (Fsp3) is 0.105. The van der Waals surface area contributed by atoms with Crippen LogP contribution in [0.15, 0.2) is 65.5 Å². The molecule has 7 nitrogen and oxygen atoms in total. The third kappa shape index (κ3) is 3.41. The van der Waals surface area contributed by atoms with Crippen molar-refractivity contribution in [2.45, 2.75) is 0 Å². The summed E-state index contributed by atoms with van der Waals surface area (Å²) in [6, 6.07) is 11.7. The first-order chi connectivity index (χ1) is 12.6. The van der Waals surface area contributed by atoms with Gasteiger partial charge in [-0.3, -0.25) is 14.6 Å². The molecule has 2 heterocycles. The van der Waals surface area contributed by atoms with Crippen LogP contribution in [0.5, 0.6) is 5.75 Å². The molecule has 2 aromatic heterocycles. The molecule has 0 radical (unpaired) electrons. The molecule has 2 amide bonds. The van der Waals surface area contributed by atoms with Crippen molar-refractivity contribution in [3.05, 3.63) is 72.4 Å². The minimum Gasteiger partial charge on any atom is -0.494 e. The Morgan fingerprint density at radius 1 is 1.15 bits per heavy atom. The Morgan fingerprint density at radius 2 is 1.96 bits per heavy atom. The number of aromatic nitrogens is 1. The van der Waals surface area contributed by atoms with Crippen LogP contribution in [0.4, 0.5) is 11.4 Å². The van der Waals surface area contributed by atoms with Crippen molar-refractivity contribution in [3.8, 4) is 5.75 Å². The maximum atomic E-state index is 12.8. The van der Waals surface area contributed by atoms with E-state index in [9.17, 15) is 9.59 Å². The summed E-state index contributed by atoms with van der Waals surface area (Å²) in [5.74, 6) is -0.0531. The number of rotatable bonds is 5. The lowest BCUT2D eigenvalue weighted by Gasteiger charge is -2.19. The molecule has 0 aliphatic carbocycles. The van der Waals surface area contributed by atoms with Crippen molar-refractivity contribution < 1.29 is 18.7 Å². The second kappa shape index (κ2) is 7.52. The third-order valence-corrected chi connectivity index (χ3v) is 3.80. The number of carbonyl (C=O) groups is 2. The lowest BCUT2D eigenvalue weighted by molar-refractivity contribution is 0.0966. The highest BCUT2D eigenvalue weighted by atomic mass is 16.5. The Kier molecular flexibility index (Phi) is 4.98. The van der Waals surface area contributed by atoms with Gasteiger partial charge in [0.2, 0.25) is 0 Å². The highest BCUT2D eigenvalue weighted by Gasteiger charge is 2.21. The number of carbonyl (C=O) groups excluding carboxylic acids is 2. The van der Waals surface area contributed by atoms with E-state index >= 15 is 0 Å². The average Bonchev–Trinajstić information content (AvgIpc) is 3.22. The van der Waals surface area contributed by atoms with Gasteiger partial charge in [0.05, 0.1) is 30.8 Å². The molecule has 132 valence electrons. The van der Waals surface area contributed by atoms with Crippen LogP contribution in [0, 0.1) is 0 Å². The summed E-state index contributed by atoms with van der Waals surface area (Å²) < 4.78 is 10.4. The molecule has 26 heavy (non-hydrogen) atoms. The Hall–Kier alpha value is -3.61. The van der Waals surface area contributed by atoms with E-state index in [1.54, 1.807) is 55.7 Å². The van der Waals surface area contributed by atoms with Crippen LogP contribution in [0.3, 0.4) is 0 Å². The van der Waals surface area contributed by atoms with Gasteiger partial charge in [0.15, 0.2) is 5.76 Å². The fourth-order valence-electron chi connectivity index (χ4n) is 2.48.